The lowest BCUT2D eigenvalue weighted by molar-refractivity contribution is 0.0891. The van der Waals surface area contributed by atoms with E-state index in [1.54, 1.807) is 0 Å². The highest BCUT2D eigenvalue weighted by molar-refractivity contribution is 9.10. The number of carbonyl (C=O) groups is 1. The summed E-state index contributed by atoms with van der Waals surface area (Å²) >= 11 is 3.38. The van der Waals surface area contributed by atoms with Crippen molar-refractivity contribution in [2.45, 2.75) is 13.8 Å². The van der Waals surface area contributed by atoms with Crippen molar-refractivity contribution in [3.05, 3.63) is 34.3 Å². The second kappa shape index (κ2) is 5.42. The highest BCUT2D eigenvalue weighted by atomic mass is 79.9. The first-order valence-corrected chi connectivity index (χ1v) is 5.86. The van der Waals surface area contributed by atoms with Gasteiger partial charge in [0, 0.05) is 22.5 Å². The van der Waals surface area contributed by atoms with E-state index in [4.69, 9.17) is 5.73 Å². The van der Waals surface area contributed by atoms with Crippen LogP contribution in [0.2, 0.25) is 0 Å². The molecule has 15 heavy (non-hydrogen) atoms. The maximum atomic E-state index is 12.1. The molecule has 0 spiro atoms. The van der Waals surface area contributed by atoms with Gasteiger partial charge >= 0.3 is 0 Å². The number of benzene rings is 1. The first kappa shape index (κ1) is 12.4. The lowest BCUT2D eigenvalue weighted by Gasteiger charge is -2.17. The van der Waals surface area contributed by atoms with E-state index in [1.807, 2.05) is 38.1 Å². The van der Waals surface area contributed by atoms with Crippen LogP contribution in [0.25, 0.3) is 0 Å². The van der Waals surface area contributed by atoms with E-state index < -0.39 is 0 Å². The van der Waals surface area contributed by atoms with Crippen molar-refractivity contribution < 1.29 is 4.79 Å². The molecule has 0 saturated heterocycles. The minimum Gasteiger partial charge on any atom is -0.330 e. The third kappa shape index (κ3) is 2.89. The fourth-order valence-corrected chi connectivity index (χ4v) is 2.02. The Morgan fingerprint density at radius 3 is 2.47 bits per heavy atom. The zero-order chi connectivity index (χ0) is 11.4. The predicted octanol–water partition coefficient (Wildman–Crippen LogP) is 2.86. The Hall–Kier alpha value is -0.670. The summed E-state index contributed by atoms with van der Waals surface area (Å²) < 4.78 is 0.842. The SMILES string of the molecule is CC(C)C(CN)C(=O)c1ccccc1Br. The molecule has 2 N–H and O–H groups in total. The van der Waals surface area contributed by atoms with Crippen LogP contribution in [0.3, 0.4) is 0 Å². The van der Waals surface area contributed by atoms with Crippen LogP contribution in [-0.4, -0.2) is 12.3 Å². The zero-order valence-electron chi connectivity index (χ0n) is 9.03. The molecule has 0 aliphatic rings. The summed E-state index contributed by atoms with van der Waals surface area (Å²) in [5, 5.41) is 0. The smallest absolute Gasteiger partial charge is 0.168 e. The summed E-state index contributed by atoms with van der Waals surface area (Å²) in [4.78, 5) is 12.1. The van der Waals surface area contributed by atoms with Gasteiger partial charge in [0.25, 0.3) is 0 Å². The van der Waals surface area contributed by atoms with Crippen LogP contribution >= 0.6 is 15.9 Å². The molecule has 0 aliphatic carbocycles. The van der Waals surface area contributed by atoms with Crippen LogP contribution in [0.1, 0.15) is 24.2 Å². The Balaban J connectivity index is 2.98. The number of Topliss-reactive ketones (excluding diaryl/α,β-unsaturated/α-hetero) is 1. The van der Waals surface area contributed by atoms with E-state index in [-0.39, 0.29) is 17.6 Å². The second-order valence-corrected chi connectivity index (χ2v) is 4.78. The molecule has 0 amide bonds. The molecule has 0 radical (unpaired) electrons. The van der Waals surface area contributed by atoms with Gasteiger partial charge in [0.1, 0.15) is 0 Å². The lowest BCUT2D eigenvalue weighted by atomic mass is 9.88. The van der Waals surface area contributed by atoms with Crippen molar-refractivity contribution in [2.24, 2.45) is 17.6 Å². The van der Waals surface area contributed by atoms with Gasteiger partial charge in [-0.25, -0.2) is 0 Å². The van der Waals surface area contributed by atoms with E-state index in [9.17, 15) is 4.79 Å². The molecule has 1 unspecified atom stereocenters. The molecule has 0 heterocycles. The van der Waals surface area contributed by atoms with Crippen LogP contribution in [0.5, 0.6) is 0 Å². The van der Waals surface area contributed by atoms with Gasteiger partial charge in [-0.05, 0) is 12.0 Å². The molecule has 1 rings (SSSR count). The third-order valence-corrected chi connectivity index (χ3v) is 3.23. The molecule has 1 atom stereocenters. The minimum absolute atomic E-state index is 0.0938. The number of carbonyl (C=O) groups excluding carboxylic acids is 1. The molecule has 3 heteroatoms. The van der Waals surface area contributed by atoms with Crippen molar-refractivity contribution in [1.82, 2.24) is 0 Å². The number of ketones is 1. The zero-order valence-corrected chi connectivity index (χ0v) is 10.6. The number of halogens is 1. The highest BCUT2D eigenvalue weighted by Crippen LogP contribution is 2.22. The van der Waals surface area contributed by atoms with E-state index >= 15 is 0 Å². The Kier molecular flexibility index (Phi) is 4.48. The van der Waals surface area contributed by atoms with Crippen molar-refractivity contribution in [1.29, 1.82) is 0 Å². The second-order valence-electron chi connectivity index (χ2n) is 3.93. The Labute approximate surface area is 99.0 Å². The molecule has 1 aromatic rings. The largest absolute Gasteiger partial charge is 0.330 e. The molecule has 82 valence electrons. The third-order valence-electron chi connectivity index (χ3n) is 2.53. The van der Waals surface area contributed by atoms with Gasteiger partial charge in [0.2, 0.25) is 0 Å². The van der Waals surface area contributed by atoms with Crippen molar-refractivity contribution in [3.63, 3.8) is 0 Å². The van der Waals surface area contributed by atoms with Gasteiger partial charge in [-0.2, -0.15) is 0 Å². The van der Waals surface area contributed by atoms with E-state index in [0.29, 0.717) is 6.54 Å². The first-order chi connectivity index (χ1) is 7.07. The minimum atomic E-state index is -0.0938. The maximum Gasteiger partial charge on any atom is 0.168 e. The van der Waals surface area contributed by atoms with Gasteiger partial charge in [-0.15, -0.1) is 0 Å². The standard InChI is InChI=1S/C12H16BrNO/c1-8(2)10(7-14)12(15)9-5-3-4-6-11(9)13/h3-6,8,10H,7,14H2,1-2H3. The summed E-state index contributed by atoms with van der Waals surface area (Å²) in [6.45, 7) is 4.44. The maximum absolute atomic E-state index is 12.1. The lowest BCUT2D eigenvalue weighted by Crippen LogP contribution is -2.28. The molecule has 2 nitrogen and oxygen atoms in total. The van der Waals surface area contributed by atoms with Gasteiger partial charge in [-0.1, -0.05) is 48.0 Å². The van der Waals surface area contributed by atoms with Crippen LogP contribution in [0.4, 0.5) is 0 Å². The summed E-state index contributed by atoms with van der Waals surface area (Å²) in [6.07, 6.45) is 0. The van der Waals surface area contributed by atoms with Gasteiger partial charge < -0.3 is 5.73 Å². The number of nitrogens with two attached hydrogens (primary N) is 1. The first-order valence-electron chi connectivity index (χ1n) is 5.06. The molecule has 0 saturated carbocycles. The highest BCUT2D eigenvalue weighted by Gasteiger charge is 2.23. The molecule has 0 fully saturated rings. The van der Waals surface area contributed by atoms with E-state index in [0.717, 1.165) is 10.0 Å². The van der Waals surface area contributed by atoms with Crippen LogP contribution in [0, 0.1) is 11.8 Å². The molecule has 1 aromatic carbocycles. The summed E-state index contributed by atoms with van der Waals surface area (Å²) in [5.41, 5.74) is 6.35. The normalized spacial score (nSPS) is 12.9. The topological polar surface area (TPSA) is 43.1 Å². The average molecular weight is 270 g/mol. The summed E-state index contributed by atoms with van der Waals surface area (Å²) in [5.74, 6) is 0.304. The van der Waals surface area contributed by atoms with Gasteiger partial charge in [0.05, 0.1) is 0 Å². The molecular weight excluding hydrogens is 254 g/mol. The van der Waals surface area contributed by atoms with Crippen molar-refractivity contribution in [3.8, 4) is 0 Å². The quantitative estimate of drug-likeness (QED) is 0.855. The summed E-state index contributed by atoms with van der Waals surface area (Å²) in [6, 6.07) is 7.47. The van der Waals surface area contributed by atoms with Crippen molar-refractivity contribution >= 4 is 21.7 Å². The Morgan fingerprint density at radius 1 is 1.40 bits per heavy atom. The summed E-state index contributed by atoms with van der Waals surface area (Å²) in [7, 11) is 0. The average Bonchev–Trinajstić information content (AvgIpc) is 2.18. The fraction of sp³-hybridized carbons (Fsp3) is 0.417. The Bertz CT molecular complexity index is 349. The number of hydrogen-bond donors (Lipinski definition) is 1. The van der Waals surface area contributed by atoms with Gasteiger partial charge in [0.15, 0.2) is 5.78 Å². The Morgan fingerprint density at radius 2 is 2.00 bits per heavy atom. The number of hydrogen-bond acceptors (Lipinski definition) is 2. The predicted molar refractivity (Wildman–Crippen MR) is 65.9 cm³/mol. The van der Waals surface area contributed by atoms with E-state index in [2.05, 4.69) is 15.9 Å². The van der Waals surface area contributed by atoms with Crippen molar-refractivity contribution in [2.75, 3.05) is 6.54 Å². The molecule has 0 aromatic heterocycles. The number of rotatable bonds is 4. The fourth-order valence-electron chi connectivity index (χ4n) is 1.54. The van der Waals surface area contributed by atoms with Gasteiger partial charge in [-0.3, -0.25) is 4.79 Å². The van der Waals surface area contributed by atoms with Crippen LogP contribution < -0.4 is 5.73 Å². The van der Waals surface area contributed by atoms with E-state index in [1.165, 1.54) is 0 Å². The monoisotopic (exact) mass is 269 g/mol. The molecular formula is C12H16BrNO. The van der Waals surface area contributed by atoms with Crippen LogP contribution in [0.15, 0.2) is 28.7 Å². The molecule has 0 aliphatic heterocycles. The van der Waals surface area contributed by atoms with Crippen LogP contribution in [-0.2, 0) is 0 Å². The molecule has 0 bridgehead atoms.